The first-order chi connectivity index (χ1) is 13.2. The van der Waals surface area contributed by atoms with Crippen molar-refractivity contribution < 1.29 is 19.1 Å². The topological polar surface area (TPSA) is 55.8 Å². The molecule has 0 aromatic heterocycles. The van der Waals surface area contributed by atoms with Crippen molar-refractivity contribution in [2.45, 2.75) is 0 Å². The lowest BCUT2D eigenvalue weighted by molar-refractivity contribution is -0.134. The normalized spacial score (nSPS) is 12.9. The molecule has 5 nitrogen and oxygen atoms in total. The molecule has 1 heterocycles. The van der Waals surface area contributed by atoms with Gasteiger partial charge in [0.2, 0.25) is 0 Å². The van der Waals surface area contributed by atoms with Gasteiger partial charge in [0.15, 0.2) is 6.61 Å². The SMILES string of the molecule is O=C(CN1C(=O)COc2ccccc21)Oc1ccc(-c2ccccc2)cc1. The summed E-state index contributed by atoms with van der Waals surface area (Å²) in [6.07, 6.45) is 0. The molecule has 0 unspecified atom stereocenters. The number of anilines is 1. The van der Waals surface area contributed by atoms with E-state index < -0.39 is 5.97 Å². The Morgan fingerprint density at radius 3 is 2.33 bits per heavy atom. The van der Waals surface area contributed by atoms with Gasteiger partial charge >= 0.3 is 5.97 Å². The summed E-state index contributed by atoms with van der Waals surface area (Å²) in [6.45, 7) is -0.254. The highest BCUT2D eigenvalue weighted by Crippen LogP contribution is 2.31. The van der Waals surface area contributed by atoms with Crippen molar-refractivity contribution in [3.63, 3.8) is 0 Å². The second-order valence-corrected chi connectivity index (χ2v) is 6.10. The van der Waals surface area contributed by atoms with Gasteiger partial charge in [-0.1, -0.05) is 54.6 Å². The molecule has 0 radical (unpaired) electrons. The van der Waals surface area contributed by atoms with Crippen molar-refractivity contribution in [2.24, 2.45) is 0 Å². The van der Waals surface area contributed by atoms with Crippen LogP contribution in [0.1, 0.15) is 0 Å². The third-order valence-electron chi connectivity index (χ3n) is 4.29. The van der Waals surface area contributed by atoms with Crippen molar-refractivity contribution in [1.29, 1.82) is 0 Å². The van der Waals surface area contributed by atoms with Crippen LogP contribution in [0.5, 0.6) is 11.5 Å². The van der Waals surface area contributed by atoms with Crippen LogP contribution in [0.15, 0.2) is 78.9 Å². The lowest BCUT2D eigenvalue weighted by Gasteiger charge is -2.28. The summed E-state index contributed by atoms with van der Waals surface area (Å²) in [5.74, 6) is 0.239. The lowest BCUT2D eigenvalue weighted by atomic mass is 10.1. The fraction of sp³-hybridized carbons (Fsp3) is 0.0909. The molecule has 1 amide bonds. The van der Waals surface area contributed by atoms with Gasteiger partial charge in [-0.3, -0.25) is 9.69 Å². The van der Waals surface area contributed by atoms with E-state index in [4.69, 9.17) is 9.47 Å². The number of carbonyl (C=O) groups is 2. The van der Waals surface area contributed by atoms with Gasteiger partial charge in [-0.2, -0.15) is 0 Å². The molecule has 5 heteroatoms. The number of fused-ring (bicyclic) bond motifs is 1. The summed E-state index contributed by atoms with van der Waals surface area (Å²) in [6, 6.07) is 24.3. The Balaban J connectivity index is 1.45. The molecule has 134 valence electrons. The smallest absolute Gasteiger partial charge is 0.331 e. The maximum absolute atomic E-state index is 12.3. The largest absolute Gasteiger partial charge is 0.482 e. The average Bonchev–Trinajstić information content (AvgIpc) is 2.71. The van der Waals surface area contributed by atoms with Crippen molar-refractivity contribution in [3.05, 3.63) is 78.9 Å². The monoisotopic (exact) mass is 359 g/mol. The molecule has 27 heavy (non-hydrogen) atoms. The first-order valence-electron chi connectivity index (χ1n) is 8.59. The predicted molar refractivity (Wildman–Crippen MR) is 102 cm³/mol. The molecule has 0 aliphatic carbocycles. The van der Waals surface area contributed by atoms with E-state index in [-0.39, 0.29) is 19.1 Å². The summed E-state index contributed by atoms with van der Waals surface area (Å²) in [5, 5.41) is 0. The number of amides is 1. The van der Waals surface area contributed by atoms with Gasteiger partial charge < -0.3 is 9.47 Å². The second-order valence-electron chi connectivity index (χ2n) is 6.10. The summed E-state index contributed by atoms with van der Waals surface area (Å²) in [4.78, 5) is 25.9. The summed E-state index contributed by atoms with van der Waals surface area (Å²) in [7, 11) is 0. The minimum Gasteiger partial charge on any atom is -0.482 e. The van der Waals surface area contributed by atoms with Crippen LogP contribution in [0.25, 0.3) is 11.1 Å². The Labute approximate surface area is 156 Å². The number of para-hydroxylation sites is 2. The predicted octanol–water partition coefficient (Wildman–Crippen LogP) is 3.68. The van der Waals surface area contributed by atoms with Gasteiger partial charge in [-0.05, 0) is 35.4 Å². The van der Waals surface area contributed by atoms with Crippen molar-refractivity contribution in [1.82, 2.24) is 0 Å². The van der Waals surface area contributed by atoms with Crippen LogP contribution in [0, 0.1) is 0 Å². The number of hydrogen-bond donors (Lipinski definition) is 0. The third kappa shape index (κ3) is 3.67. The van der Waals surface area contributed by atoms with Crippen LogP contribution in [-0.2, 0) is 9.59 Å². The first kappa shape index (κ1) is 16.8. The Hall–Kier alpha value is -3.60. The first-order valence-corrected chi connectivity index (χ1v) is 8.59. The fourth-order valence-corrected chi connectivity index (χ4v) is 2.97. The quantitative estimate of drug-likeness (QED) is 0.527. The van der Waals surface area contributed by atoms with Crippen LogP contribution in [0.3, 0.4) is 0 Å². The molecule has 3 aromatic rings. The zero-order chi connectivity index (χ0) is 18.6. The van der Waals surface area contributed by atoms with E-state index in [2.05, 4.69) is 0 Å². The van der Waals surface area contributed by atoms with E-state index in [0.717, 1.165) is 11.1 Å². The highest BCUT2D eigenvalue weighted by Gasteiger charge is 2.27. The van der Waals surface area contributed by atoms with Crippen molar-refractivity contribution in [2.75, 3.05) is 18.1 Å². The van der Waals surface area contributed by atoms with Crippen LogP contribution in [0.2, 0.25) is 0 Å². The second kappa shape index (κ2) is 7.33. The molecule has 0 spiro atoms. The van der Waals surface area contributed by atoms with E-state index in [9.17, 15) is 9.59 Å². The van der Waals surface area contributed by atoms with E-state index in [1.165, 1.54) is 4.90 Å². The van der Waals surface area contributed by atoms with E-state index in [1.807, 2.05) is 48.5 Å². The third-order valence-corrected chi connectivity index (χ3v) is 4.29. The summed E-state index contributed by atoms with van der Waals surface area (Å²) < 4.78 is 10.8. The fourth-order valence-electron chi connectivity index (χ4n) is 2.97. The van der Waals surface area contributed by atoms with E-state index in [1.54, 1.807) is 30.3 Å². The molecule has 1 aliphatic rings. The Morgan fingerprint density at radius 2 is 1.56 bits per heavy atom. The molecular formula is C22H17NO4. The number of rotatable bonds is 4. The zero-order valence-corrected chi connectivity index (χ0v) is 14.5. The van der Waals surface area contributed by atoms with Crippen LogP contribution in [0.4, 0.5) is 5.69 Å². The van der Waals surface area contributed by atoms with Gasteiger partial charge in [-0.25, -0.2) is 4.79 Å². The molecule has 0 atom stereocenters. The van der Waals surface area contributed by atoms with Crippen LogP contribution in [-0.4, -0.2) is 25.0 Å². The summed E-state index contributed by atoms with van der Waals surface area (Å²) in [5.41, 5.74) is 2.70. The van der Waals surface area contributed by atoms with Crippen molar-refractivity contribution in [3.8, 4) is 22.6 Å². The van der Waals surface area contributed by atoms with Gasteiger partial charge in [0.05, 0.1) is 5.69 Å². The Bertz CT molecular complexity index is 967. The number of nitrogens with zero attached hydrogens (tertiary/aromatic N) is 1. The van der Waals surface area contributed by atoms with Crippen molar-refractivity contribution >= 4 is 17.6 Å². The molecule has 4 rings (SSSR count). The average molecular weight is 359 g/mol. The molecule has 0 bridgehead atoms. The molecular weight excluding hydrogens is 342 g/mol. The standard InChI is InChI=1S/C22H17NO4/c24-21-15-26-20-9-5-4-8-19(20)23(21)14-22(25)27-18-12-10-17(11-13-18)16-6-2-1-3-7-16/h1-13H,14-15H2. The Morgan fingerprint density at radius 1 is 0.889 bits per heavy atom. The number of benzene rings is 3. The number of carbonyl (C=O) groups excluding carboxylic acids is 2. The molecule has 0 saturated heterocycles. The van der Waals surface area contributed by atoms with Gasteiger partial charge in [-0.15, -0.1) is 0 Å². The summed E-state index contributed by atoms with van der Waals surface area (Å²) >= 11 is 0. The minimum atomic E-state index is -0.507. The minimum absolute atomic E-state index is 0.0872. The van der Waals surface area contributed by atoms with Gasteiger partial charge in [0.1, 0.15) is 18.0 Å². The molecule has 0 N–H and O–H groups in total. The molecule has 0 saturated carbocycles. The maximum Gasteiger partial charge on any atom is 0.331 e. The van der Waals surface area contributed by atoms with Gasteiger partial charge in [0.25, 0.3) is 5.91 Å². The lowest BCUT2D eigenvalue weighted by Crippen LogP contribution is -2.43. The number of hydrogen-bond acceptors (Lipinski definition) is 4. The highest BCUT2D eigenvalue weighted by molar-refractivity contribution is 6.01. The van der Waals surface area contributed by atoms with E-state index in [0.29, 0.717) is 17.2 Å². The van der Waals surface area contributed by atoms with Crippen LogP contribution < -0.4 is 14.4 Å². The van der Waals surface area contributed by atoms with Crippen LogP contribution >= 0.6 is 0 Å². The van der Waals surface area contributed by atoms with Gasteiger partial charge in [0, 0.05) is 0 Å². The zero-order valence-electron chi connectivity index (χ0n) is 14.5. The number of ether oxygens (including phenoxy) is 2. The molecule has 3 aromatic carbocycles. The molecule has 0 fully saturated rings. The molecule has 1 aliphatic heterocycles. The van der Waals surface area contributed by atoms with E-state index >= 15 is 0 Å². The number of esters is 1. The maximum atomic E-state index is 12.3. The highest BCUT2D eigenvalue weighted by atomic mass is 16.5. The Kier molecular flexibility index (Phi) is 4.58.